The molecule has 0 atom stereocenters. The van der Waals surface area contributed by atoms with Crippen LogP contribution in [0, 0.1) is 0 Å². The first-order valence-corrected chi connectivity index (χ1v) is 6.99. The number of methoxy groups -OCH3 is 1. The van der Waals surface area contributed by atoms with Crippen molar-refractivity contribution in [1.82, 2.24) is 15.3 Å². The number of halogens is 2. The molecule has 0 aliphatic rings. The van der Waals surface area contributed by atoms with Crippen molar-refractivity contribution in [1.29, 1.82) is 0 Å². The predicted octanol–water partition coefficient (Wildman–Crippen LogP) is 3.23. The van der Waals surface area contributed by atoms with E-state index in [1.807, 2.05) is 12.1 Å². The molecule has 2 rings (SSSR count). The minimum atomic E-state index is 0.722. The van der Waals surface area contributed by atoms with E-state index in [2.05, 4.69) is 47.1 Å². The minimum absolute atomic E-state index is 0.722. The molecular formula is C12H13Br2N3O. The Morgan fingerprint density at radius 2 is 2.17 bits per heavy atom. The summed E-state index contributed by atoms with van der Waals surface area (Å²) in [5, 5.41) is 3.34. The van der Waals surface area contributed by atoms with Gasteiger partial charge in [0, 0.05) is 35.0 Å². The molecule has 18 heavy (non-hydrogen) atoms. The lowest BCUT2D eigenvalue weighted by atomic mass is 10.2. The monoisotopic (exact) mass is 373 g/mol. The van der Waals surface area contributed by atoms with Crippen molar-refractivity contribution < 1.29 is 4.74 Å². The van der Waals surface area contributed by atoms with Gasteiger partial charge in [-0.15, -0.1) is 0 Å². The Bertz CT molecular complexity index is 514. The fourth-order valence-corrected chi connectivity index (χ4v) is 3.16. The number of ether oxygens (including phenoxy) is 1. The summed E-state index contributed by atoms with van der Waals surface area (Å²) in [5.41, 5.74) is 2.15. The molecule has 0 fully saturated rings. The molecule has 0 amide bonds. The van der Waals surface area contributed by atoms with E-state index in [9.17, 15) is 0 Å². The number of rotatable bonds is 5. The number of hydrogen-bond acceptors (Lipinski definition) is 3. The van der Waals surface area contributed by atoms with Crippen molar-refractivity contribution >= 4 is 31.9 Å². The van der Waals surface area contributed by atoms with Crippen molar-refractivity contribution in [3.63, 3.8) is 0 Å². The van der Waals surface area contributed by atoms with E-state index in [-0.39, 0.29) is 0 Å². The Labute approximate surface area is 122 Å². The Balaban J connectivity index is 2.04. The van der Waals surface area contributed by atoms with E-state index < -0.39 is 0 Å². The number of imidazole rings is 1. The smallest absolute Gasteiger partial charge is 0.137 e. The Morgan fingerprint density at radius 3 is 2.83 bits per heavy atom. The van der Waals surface area contributed by atoms with Crippen LogP contribution in [0.4, 0.5) is 0 Å². The summed E-state index contributed by atoms with van der Waals surface area (Å²) in [6.07, 6.45) is 3.48. The third kappa shape index (κ3) is 3.34. The average molecular weight is 375 g/mol. The second kappa shape index (κ2) is 6.36. The van der Waals surface area contributed by atoms with Crippen molar-refractivity contribution in [2.75, 3.05) is 7.11 Å². The summed E-state index contributed by atoms with van der Waals surface area (Å²) in [4.78, 5) is 7.03. The van der Waals surface area contributed by atoms with Gasteiger partial charge in [0.05, 0.1) is 17.9 Å². The standard InChI is InChI=1S/C12H13Br2N3O/c1-18-12-8(2-9(13)3-11(12)14)4-15-5-10-6-16-7-17-10/h2-3,6-7,15H,4-5H2,1H3,(H,16,17). The van der Waals surface area contributed by atoms with Gasteiger partial charge in [-0.2, -0.15) is 0 Å². The summed E-state index contributed by atoms with van der Waals surface area (Å²) < 4.78 is 7.36. The molecule has 0 aliphatic carbocycles. The van der Waals surface area contributed by atoms with Crippen molar-refractivity contribution in [2.45, 2.75) is 13.1 Å². The maximum Gasteiger partial charge on any atom is 0.137 e. The third-order valence-electron chi connectivity index (χ3n) is 2.48. The number of nitrogens with one attached hydrogen (secondary N) is 2. The molecule has 1 aromatic carbocycles. The second-order valence-corrected chi connectivity index (χ2v) is 5.53. The SMILES string of the molecule is COc1c(Br)cc(Br)cc1CNCc1cnc[nH]1. The highest BCUT2D eigenvalue weighted by molar-refractivity contribution is 9.11. The summed E-state index contributed by atoms with van der Waals surface area (Å²) in [6, 6.07) is 4.01. The number of H-pyrrole nitrogens is 1. The number of aromatic amines is 1. The van der Waals surface area contributed by atoms with Crippen LogP contribution >= 0.6 is 31.9 Å². The Kier molecular flexibility index (Phi) is 4.79. The quantitative estimate of drug-likeness (QED) is 0.844. The molecule has 1 heterocycles. The number of benzene rings is 1. The molecule has 0 saturated carbocycles. The highest BCUT2D eigenvalue weighted by Crippen LogP contribution is 2.32. The zero-order valence-electron chi connectivity index (χ0n) is 9.84. The summed E-state index contributed by atoms with van der Waals surface area (Å²) in [5.74, 6) is 0.857. The number of aromatic nitrogens is 2. The molecule has 0 saturated heterocycles. The fourth-order valence-electron chi connectivity index (χ4n) is 1.69. The van der Waals surface area contributed by atoms with Crippen LogP contribution in [0.15, 0.2) is 33.6 Å². The highest BCUT2D eigenvalue weighted by atomic mass is 79.9. The average Bonchev–Trinajstić information content (AvgIpc) is 2.81. The van der Waals surface area contributed by atoms with Crippen LogP contribution < -0.4 is 10.1 Å². The molecule has 4 nitrogen and oxygen atoms in total. The van der Waals surface area contributed by atoms with Crippen LogP contribution in [-0.4, -0.2) is 17.1 Å². The lowest BCUT2D eigenvalue weighted by Gasteiger charge is -2.12. The molecule has 2 aromatic rings. The van der Waals surface area contributed by atoms with E-state index in [0.29, 0.717) is 0 Å². The van der Waals surface area contributed by atoms with Gasteiger partial charge in [-0.3, -0.25) is 0 Å². The van der Waals surface area contributed by atoms with Crippen molar-refractivity contribution in [3.05, 3.63) is 44.9 Å². The van der Waals surface area contributed by atoms with E-state index in [0.717, 1.165) is 39.0 Å². The van der Waals surface area contributed by atoms with Gasteiger partial charge < -0.3 is 15.0 Å². The van der Waals surface area contributed by atoms with Crippen LogP contribution in [-0.2, 0) is 13.1 Å². The lowest BCUT2D eigenvalue weighted by Crippen LogP contribution is -2.13. The van der Waals surface area contributed by atoms with Crippen molar-refractivity contribution in [2.24, 2.45) is 0 Å². The van der Waals surface area contributed by atoms with Gasteiger partial charge in [0.2, 0.25) is 0 Å². The Hall–Kier alpha value is -0.850. The maximum atomic E-state index is 5.39. The van der Waals surface area contributed by atoms with Crippen LogP contribution in [0.1, 0.15) is 11.3 Å². The number of hydrogen-bond donors (Lipinski definition) is 2. The molecule has 0 spiro atoms. The van der Waals surface area contributed by atoms with E-state index in [4.69, 9.17) is 4.74 Å². The molecule has 2 N–H and O–H groups in total. The summed E-state index contributed by atoms with van der Waals surface area (Å²) >= 11 is 6.97. The van der Waals surface area contributed by atoms with E-state index in [1.165, 1.54) is 0 Å². The molecular weight excluding hydrogens is 362 g/mol. The van der Waals surface area contributed by atoms with Crippen molar-refractivity contribution in [3.8, 4) is 5.75 Å². The molecule has 96 valence electrons. The maximum absolute atomic E-state index is 5.39. The van der Waals surface area contributed by atoms with Gasteiger partial charge in [0.25, 0.3) is 0 Å². The lowest BCUT2D eigenvalue weighted by molar-refractivity contribution is 0.405. The van der Waals surface area contributed by atoms with Gasteiger partial charge in [-0.05, 0) is 28.1 Å². The Morgan fingerprint density at radius 1 is 1.33 bits per heavy atom. The van der Waals surface area contributed by atoms with Gasteiger partial charge >= 0.3 is 0 Å². The van der Waals surface area contributed by atoms with Crippen LogP contribution in [0.5, 0.6) is 5.75 Å². The van der Waals surface area contributed by atoms with E-state index >= 15 is 0 Å². The largest absolute Gasteiger partial charge is 0.495 e. The normalized spacial score (nSPS) is 10.6. The molecule has 1 aromatic heterocycles. The zero-order valence-corrected chi connectivity index (χ0v) is 13.0. The molecule has 0 unspecified atom stereocenters. The van der Waals surface area contributed by atoms with Crippen LogP contribution in [0.3, 0.4) is 0 Å². The molecule has 6 heteroatoms. The zero-order chi connectivity index (χ0) is 13.0. The first-order valence-electron chi connectivity index (χ1n) is 5.40. The predicted molar refractivity (Wildman–Crippen MR) is 77.5 cm³/mol. The molecule has 0 bridgehead atoms. The van der Waals surface area contributed by atoms with Gasteiger partial charge in [0.1, 0.15) is 5.75 Å². The molecule has 0 radical (unpaired) electrons. The first-order chi connectivity index (χ1) is 8.70. The summed E-state index contributed by atoms with van der Waals surface area (Å²) in [6.45, 7) is 1.47. The highest BCUT2D eigenvalue weighted by Gasteiger charge is 2.08. The van der Waals surface area contributed by atoms with Gasteiger partial charge in [0.15, 0.2) is 0 Å². The van der Waals surface area contributed by atoms with Crippen LogP contribution in [0.25, 0.3) is 0 Å². The second-order valence-electron chi connectivity index (χ2n) is 3.76. The van der Waals surface area contributed by atoms with Crippen LogP contribution in [0.2, 0.25) is 0 Å². The first kappa shape index (κ1) is 13.6. The van der Waals surface area contributed by atoms with Gasteiger partial charge in [-0.25, -0.2) is 4.98 Å². The van der Waals surface area contributed by atoms with Gasteiger partial charge in [-0.1, -0.05) is 15.9 Å². The summed E-state index contributed by atoms with van der Waals surface area (Å²) in [7, 11) is 1.67. The number of nitrogens with zero attached hydrogens (tertiary/aromatic N) is 1. The molecule has 0 aliphatic heterocycles. The van der Waals surface area contributed by atoms with E-state index in [1.54, 1.807) is 19.6 Å². The third-order valence-corrected chi connectivity index (χ3v) is 3.52. The minimum Gasteiger partial charge on any atom is -0.495 e. The fraction of sp³-hybridized carbons (Fsp3) is 0.250. The topological polar surface area (TPSA) is 49.9 Å².